The normalized spacial score (nSPS) is 21.6. The van der Waals surface area contributed by atoms with Crippen LogP contribution in [-0.4, -0.2) is 47.8 Å². The number of rotatable bonds is 7. The first-order valence-electron chi connectivity index (χ1n) is 7.78. The Hall–Kier alpha value is -1.68. The SMILES string of the molecule is CCCCOc1ccc(S(=O)(=O)C2(C(=O)NO)CCCN2O)cc1. The van der Waals surface area contributed by atoms with E-state index in [1.807, 2.05) is 6.92 Å². The molecule has 0 bridgehead atoms. The highest BCUT2D eigenvalue weighted by Crippen LogP contribution is 2.38. The third-order valence-corrected chi connectivity index (χ3v) is 6.49. The number of nitrogens with one attached hydrogen (secondary N) is 1. The van der Waals surface area contributed by atoms with E-state index in [0.717, 1.165) is 12.8 Å². The highest BCUT2D eigenvalue weighted by atomic mass is 32.2. The Kier molecular flexibility index (Phi) is 5.81. The average Bonchev–Trinajstić information content (AvgIpc) is 2.98. The molecule has 0 aromatic heterocycles. The van der Waals surface area contributed by atoms with Crippen LogP contribution in [0.15, 0.2) is 29.2 Å². The lowest BCUT2D eigenvalue weighted by molar-refractivity contribution is -0.160. The van der Waals surface area contributed by atoms with Crippen LogP contribution in [0.5, 0.6) is 5.75 Å². The quantitative estimate of drug-likeness (QED) is 0.382. The first-order chi connectivity index (χ1) is 11.4. The Bertz CT molecular complexity index is 676. The van der Waals surface area contributed by atoms with Gasteiger partial charge in [0.1, 0.15) is 5.75 Å². The highest BCUT2D eigenvalue weighted by molar-refractivity contribution is 7.93. The number of ether oxygens (including phenoxy) is 1. The number of carbonyl (C=O) groups is 1. The molecule has 0 spiro atoms. The number of carbonyl (C=O) groups excluding carboxylic acids is 1. The van der Waals surface area contributed by atoms with Gasteiger partial charge in [0.25, 0.3) is 5.91 Å². The predicted molar refractivity (Wildman–Crippen MR) is 84.4 cm³/mol. The second-order valence-corrected chi connectivity index (χ2v) is 7.78. The van der Waals surface area contributed by atoms with Crippen molar-refractivity contribution in [3.63, 3.8) is 0 Å². The van der Waals surface area contributed by atoms with E-state index in [1.54, 1.807) is 0 Å². The van der Waals surface area contributed by atoms with E-state index >= 15 is 0 Å². The molecule has 1 aliphatic rings. The zero-order chi connectivity index (χ0) is 17.8. The van der Waals surface area contributed by atoms with Gasteiger partial charge in [0.2, 0.25) is 14.7 Å². The molecule has 1 amide bonds. The van der Waals surface area contributed by atoms with Crippen molar-refractivity contribution in [3.8, 4) is 5.75 Å². The highest BCUT2D eigenvalue weighted by Gasteiger charge is 2.58. The zero-order valence-electron chi connectivity index (χ0n) is 13.4. The smallest absolute Gasteiger partial charge is 0.282 e. The fourth-order valence-corrected chi connectivity index (χ4v) is 4.69. The summed E-state index contributed by atoms with van der Waals surface area (Å²) < 4.78 is 31.3. The van der Waals surface area contributed by atoms with Crippen molar-refractivity contribution in [2.24, 2.45) is 0 Å². The molecule has 8 nitrogen and oxygen atoms in total. The Morgan fingerprint density at radius 3 is 2.54 bits per heavy atom. The number of hydroxylamine groups is 3. The molecule has 1 aliphatic heterocycles. The lowest BCUT2D eigenvalue weighted by Gasteiger charge is -2.31. The molecular formula is C15H22N2O6S. The fraction of sp³-hybridized carbons (Fsp3) is 0.533. The van der Waals surface area contributed by atoms with Crippen molar-refractivity contribution >= 4 is 15.7 Å². The summed E-state index contributed by atoms with van der Waals surface area (Å²) in [6, 6.07) is 5.66. The molecule has 9 heteroatoms. The van der Waals surface area contributed by atoms with Gasteiger partial charge in [0.05, 0.1) is 11.5 Å². The minimum absolute atomic E-state index is 0.0187. The number of amides is 1. The molecule has 24 heavy (non-hydrogen) atoms. The molecule has 0 radical (unpaired) electrons. The van der Waals surface area contributed by atoms with Gasteiger partial charge in [0.15, 0.2) is 0 Å². The monoisotopic (exact) mass is 358 g/mol. The predicted octanol–water partition coefficient (Wildman–Crippen LogP) is 1.33. The summed E-state index contributed by atoms with van der Waals surface area (Å²) in [6.45, 7) is 2.58. The van der Waals surface area contributed by atoms with Crippen LogP contribution in [0.25, 0.3) is 0 Å². The van der Waals surface area contributed by atoms with Crippen LogP contribution < -0.4 is 10.2 Å². The Morgan fingerprint density at radius 2 is 2.04 bits per heavy atom. The summed E-state index contributed by atoms with van der Waals surface area (Å²) >= 11 is 0. The van der Waals surface area contributed by atoms with E-state index < -0.39 is 20.6 Å². The van der Waals surface area contributed by atoms with Gasteiger partial charge in [-0.25, -0.2) is 13.9 Å². The maximum absolute atomic E-state index is 12.9. The fourth-order valence-electron chi connectivity index (χ4n) is 2.74. The maximum Gasteiger partial charge on any atom is 0.282 e. The molecule has 1 unspecified atom stereocenters. The van der Waals surface area contributed by atoms with E-state index in [-0.39, 0.29) is 17.9 Å². The maximum atomic E-state index is 12.9. The van der Waals surface area contributed by atoms with Gasteiger partial charge >= 0.3 is 0 Å². The lowest BCUT2D eigenvalue weighted by atomic mass is 10.2. The van der Waals surface area contributed by atoms with Crippen molar-refractivity contribution in [2.75, 3.05) is 13.2 Å². The number of unbranched alkanes of at least 4 members (excludes halogenated alkanes) is 1. The Labute approximate surface area is 140 Å². The Balaban J connectivity index is 2.33. The summed E-state index contributed by atoms with van der Waals surface area (Å²) in [7, 11) is -4.25. The molecule has 2 rings (SSSR count). The van der Waals surface area contributed by atoms with Crippen LogP contribution in [0.2, 0.25) is 0 Å². The summed E-state index contributed by atoms with van der Waals surface area (Å²) in [4.78, 5) is 9.68. The van der Waals surface area contributed by atoms with Gasteiger partial charge in [-0.05, 0) is 43.5 Å². The molecular weight excluding hydrogens is 336 g/mol. The first kappa shape index (κ1) is 18.7. The molecule has 1 saturated heterocycles. The molecule has 0 aliphatic carbocycles. The minimum atomic E-state index is -4.25. The van der Waals surface area contributed by atoms with Crippen LogP contribution in [0.1, 0.15) is 32.6 Å². The van der Waals surface area contributed by atoms with Gasteiger partial charge in [-0.1, -0.05) is 13.3 Å². The van der Waals surface area contributed by atoms with Crippen LogP contribution in [0.4, 0.5) is 0 Å². The van der Waals surface area contributed by atoms with Crippen molar-refractivity contribution < 1.29 is 28.4 Å². The Morgan fingerprint density at radius 1 is 1.38 bits per heavy atom. The van der Waals surface area contributed by atoms with Gasteiger partial charge in [-0.15, -0.1) is 0 Å². The van der Waals surface area contributed by atoms with Gasteiger partial charge in [0, 0.05) is 6.54 Å². The van der Waals surface area contributed by atoms with Gasteiger partial charge in [-0.3, -0.25) is 10.0 Å². The number of benzene rings is 1. The zero-order valence-corrected chi connectivity index (χ0v) is 14.3. The number of hydrogen-bond acceptors (Lipinski definition) is 7. The number of sulfone groups is 1. The number of hydrogen-bond donors (Lipinski definition) is 3. The summed E-state index contributed by atoms with van der Waals surface area (Å²) in [5, 5.41) is 19.4. The molecule has 3 N–H and O–H groups in total. The molecule has 0 saturated carbocycles. The van der Waals surface area contributed by atoms with E-state index in [1.165, 1.54) is 29.7 Å². The summed E-state index contributed by atoms with van der Waals surface area (Å²) in [6.07, 6.45) is 2.06. The molecule has 1 fully saturated rings. The topological polar surface area (TPSA) is 116 Å². The van der Waals surface area contributed by atoms with Crippen LogP contribution in [0.3, 0.4) is 0 Å². The lowest BCUT2D eigenvalue weighted by Crippen LogP contribution is -2.58. The second kappa shape index (κ2) is 7.47. The van der Waals surface area contributed by atoms with E-state index in [2.05, 4.69) is 0 Å². The molecule has 1 aromatic rings. The number of nitrogens with zero attached hydrogens (tertiary/aromatic N) is 1. The standard InChI is InChI=1S/C15H22N2O6S/c1-2-3-11-23-12-5-7-13(8-6-12)24(21,22)15(14(18)16-19)9-4-10-17(15)20/h5-8,19-20H,2-4,9-11H2,1H3,(H,16,18). The minimum Gasteiger partial charge on any atom is -0.494 e. The van der Waals surface area contributed by atoms with Crippen LogP contribution >= 0.6 is 0 Å². The van der Waals surface area contributed by atoms with Crippen molar-refractivity contribution in [2.45, 2.75) is 42.4 Å². The van der Waals surface area contributed by atoms with E-state index in [0.29, 0.717) is 23.8 Å². The third-order valence-electron chi connectivity index (χ3n) is 4.10. The van der Waals surface area contributed by atoms with Crippen molar-refractivity contribution in [1.82, 2.24) is 10.5 Å². The van der Waals surface area contributed by atoms with Gasteiger partial charge in [-0.2, -0.15) is 5.06 Å². The molecule has 1 heterocycles. The third kappa shape index (κ3) is 3.12. The molecule has 134 valence electrons. The summed E-state index contributed by atoms with van der Waals surface area (Å²) in [5.74, 6) is -0.652. The molecule has 1 aromatic carbocycles. The first-order valence-corrected chi connectivity index (χ1v) is 9.27. The summed E-state index contributed by atoms with van der Waals surface area (Å²) in [5.41, 5.74) is 1.36. The second-order valence-electron chi connectivity index (χ2n) is 5.63. The van der Waals surface area contributed by atoms with Crippen molar-refractivity contribution in [3.05, 3.63) is 24.3 Å². The van der Waals surface area contributed by atoms with Crippen LogP contribution in [-0.2, 0) is 14.6 Å². The molecule has 1 atom stereocenters. The largest absolute Gasteiger partial charge is 0.494 e. The van der Waals surface area contributed by atoms with Gasteiger partial charge < -0.3 is 9.94 Å². The van der Waals surface area contributed by atoms with E-state index in [4.69, 9.17) is 9.94 Å². The van der Waals surface area contributed by atoms with Crippen LogP contribution in [0, 0.1) is 0 Å². The average molecular weight is 358 g/mol. The van der Waals surface area contributed by atoms with Crippen molar-refractivity contribution in [1.29, 1.82) is 0 Å². The van der Waals surface area contributed by atoms with E-state index in [9.17, 15) is 18.4 Å².